The largest absolute Gasteiger partial charge is 0.486 e. The second-order valence-electron chi connectivity index (χ2n) is 5.74. The van der Waals surface area contributed by atoms with Crippen LogP contribution in [0.2, 0.25) is 0 Å². The van der Waals surface area contributed by atoms with Crippen molar-refractivity contribution in [2.75, 3.05) is 26.0 Å². The van der Waals surface area contributed by atoms with Crippen molar-refractivity contribution in [2.45, 2.75) is 32.1 Å². The van der Waals surface area contributed by atoms with Crippen LogP contribution >= 0.6 is 0 Å². The predicted octanol–water partition coefficient (Wildman–Crippen LogP) is 2.51. The Morgan fingerprint density at radius 2 is 1.86 bits per heavy atom. The summed E-state index contributed by atoms with van der Waals surface area (Å²) < 4.78 is 23.6. The molecule has 0 amide bonds. The Balaban J connectivity index is 2.12. The average molecular weight is 311 g/mol. The third kappa shape index (κ3) is 3.98. The van der Waals surface area contributed by atoms with Gasteiger partial charge in [0.05, 0.1) is 0 Å². The molecule has 4 nitrogen and oxygen atoms in total. The third-order valence-electron chi connectivity index (χ3n) is 4.00. The summed E-state index contributed by atoms with van der Waals surface area (Å²) in [4.78, 5) is 0. The molecule has 1 aliphatic rings. The minimum absolute atomic E-state index is 0.0582. The maximum absolute atomic E-state index is 12.4. The molecular formula is C16H25NO3S. The Kier molecular flexibility index (Phi) is 5.65. The zero-order valence-electron chi connectivity index (χ0n) is 13.2. The number of benzene rings is 1. The van der Waals surface area contributed by atoms with E-state index in [1.54, 1.807) is 0 Å². The van der Waals surface area contributed by atoms with Crippen LogP contribution in [0.4, 0.5) is 0 Å². The van der Waals surface area contributed by atoms with Gasteiger partial charge in [0.1, 0.15) is 13.2 Å². The van der Waals surface area contributed by atoms with Crippen LogP contribution in [-0.4, -0.2) is 35.5 Å². The second-order valence-corrected chi connectivity index (χ2v) is 7.58. The summed E-state index contributed by atoms with van der Waals surface area (Å²) in [6.45, 7) is 7.45. The number of hydrogen-bond donors (Lipinski definition) is 1. The Hall–Kier alpha value is -1.07. The molecular weight excluding hydrogens is 286 g/mol. The molecule has 0 aliphatic carbocycles. The van der Waals surface area contributed by atoms with Crippen LogP contribution < -0.4 is 14.8 Å². The molecule has 1 N–H and O–H groups in total. The quantitative estimate of drug-likeness (QED) is 0.877. The summed E-state index contributed by atoms with van der Waals surface area (Å²) >= 11 is 0. The highest BCUT2D eigenvalue weighted by Crippen LogP contribution is 2.33. The lowest BCUT2D eigenvalue weighted by Gasteiger charge is -2.23. The van der Waals surface area contributed by atoms with Gasteiger partial charge in [0.25, 0.3) is 0 Å². The summed E-state index contributed by atoms with van der Waals surface area (Å²) in [6.07, 6.45) is 0. The van der Waals surface area contributed by atoms with Gasteiger partial charge in [-0.05, 0) is 30.7 Å². The highest BCUT2D eigenvalue weighted by molar-refractivity contribution is 7.85. The molecule has 0 saturated heterocycles. The Bertz CT molecular complexity index is 504. The maximum Gasteiger partial charge on any atom is 0.161 e. The van der Waals surface area contributed by atoms with Gasteiger partial charge in [-0.15, -0.1) is 0 Å². The van der Waals surface area contributed by atoms with Gasteiger partial charge in [-0.2, -0.15) is 0 Å². The second kappa shape index (κ2) is 7.27. The highest BCUT2D eigenvalue weighted by atomic mass is 32.2. The molecule has 0 bridgehead atoms. The summed E-state index contributed by atoms with van der Waals surface area (Å²) in [5.41, 5.74) is 1.09. The van der Waals surface area contributed by atoms with E-state index in [1.807, 2.05) is 25.2 Å². The van der Waals surface area contributed by atoms with Crippen molar-refractivity contribution < 1.29 is 13.7 Å². The van der Waals surface area contributed by atoms with Crippen molar-refractivity contribution in [1.29, 1.82) is 0 Å². The van der Waals surface area contributed by atoms with Gasteiger partial charge in [0, 0.05) is 27.8 Å². The van der Waals surface area contributed by atoms with Crippen molar-refractivity contribution in [1.82, 2.24) is 5.32 Å². The van der Waals surface area contributed by atoms with Gasteiger partial charge in [0.15, 0.2) is 11.5 Å². The molecule has 3 unspecified atom stereocenters. The Morgan fingerprint density at radius 1 is 1.19 bits per heavy atom. The summed E-state index contributed by atoms with van der Waals surface area (Å²) in [5.74, 6) is 2.59. The molecule has 5 heteroatoms. The van der Waals surface area contributed by atoms with E-state index < -0.39 is 10.8 Å². The number of rotatable bonds is 6. The van der Waals surface area contributed by atoms with E-state index in [0.29, 0.717) is 24.9 Å². The Labute approximate surface area is 129 Å². The number of ether oxygens (including phenoxy) is 2. The van der Waals surface area contributed by atoms with Crippen molar-refractivity contribution in [2.24, 2.45) is 5.92 Å². The van der Waals surface area contributed by atoms with Gasteiger partial charge in [0.2, 0.25) is 0 Å². The average Bonchev–Trinajstić information content (AvgIpc) is 2.51. The Morgan fingerprint density at radius 3 is 2.48 bits per heavy atom. The van der Waals surface area contributed by atoms with Crippen LogP contribution in [0.5, 0.6) is 11.5 Å². The monoisotopic (exact) mass is 311 g/mol. The molecule has 0 fully saturated rings. The van der Waals surface area contributed by atoms with Gasteiger partial charge in [-0.25, -0.2) is 0 Å². The van der Waals surface area contributed by atoms with Crippen LogP contribution in [0.3, 0.4) is 0 Å². The highest BCUT2D eigenvalue weighted by Gasteiger charge is 2.21. The molecule has 1 aromatic carbocycles. The van der Waals surface area contributed by atoms with Gasteiger partial charge in [-0.3, -0.25) is 4.21 Å². The summed E-state index contributed by atoms with van der Waals surface area (Å²) in [6, 6.07) is 6.00. The van der Waals surface area contributed by atoms with Crippen LogP contribution in [-0.2, 0) is 10.8 Å². The van der Waals surface area contributed by atoms with Gasteiger partial charge in [-0.1, -0.05) is 26.8 Å². The van der Waals surface area contributed by atoms with Gasteiger partial charge >= 0.3 is 0 Å². The number of hydrogen-bond acceptors (Lipinski definition) is 4. The fourth-order valence-electron chi connectivity index (χ4n) is 2.24. The number of fused-ring (bicyclic) bond motifs is 1. The van der Waals surface area contributed by atoms with Crippen molar-refractivity contribution in [3.8, 4) is 11.5 Å². The maximum atomic E-state index is 12.4. The third-order valence-corrected chi connectivity index (χ3v) is 6.04. The lowest BCUT2D eigenvalue weighted by atomic mass is 10.1. The van der Waals surface area contributed by atoms with E-state index in [0.717, 1.165) is 17.1 Å². The van der Waals surface area contributed by atoms with E-state index in [4.69, 9.17) is 9.47 Å². The molecule has 1 aromatic rings. The molecule has 0 aromatic heterocycles. The standard InChI is InChI=1S/C16H25NO3S/c1-11(2)12(3)21(18)10-14(17-4)13-5-6-15-16(9-13)20-8-7-19-15/h5-6,9,11-12,14,17H,7-8,10H2,1-4H3. The van der Waals surface area contributed by atoms with E-state index >= 15 is 0 Å². The van der Waals surface area contributed by atoms with Gasteiger partial charge < -0.3 is 14.8 Å². The van der Waals surface area contributed by atoms with Crippen molar-refractivity contribution >= 4 is 10.8 Å². The lowest BCUT2D eigenvalue weighted by molar-refractivity contribution is 0.171. The topological polar surface area (TPSA) is 47.6 Å². The smallest absolute Gasteiger partial charge is 0.161 e. The normalized spacial score (nSPS) is 18.3. The molecule has 1 aliphatic heterocycles. The molecule has 21 heavy (non-hydrogen) atoms. The van der Waals surface area contributed by atoms with E-state index in [2.05, 4.69) is 26.1 Å². The fourth-order valence-corrected chi connectivity index (χ4v) is 3.84. The molecule has 3 atom stereocenters. The van der Waals surface area contributed by atoms with Crippen molar-refractivity contribution in [3.05, 3.63) is 23.8 Å². The molecule has 0 saturated carbocycles. The lowest BCUT2D eigenvalue weighted by Crippen LogP contribution is -2.28. The number of nitrogens with one attached hydrogen (secondary N) is 1. The van der Waals surface area contributed by atoms with E-state index in [1.165, 1.54) is 0 Å². The van der Waals surface area contributed by atoms with Crippen LogP contribution in [0.25, 0.3) is 0 Å². The SMILES string of the molecule is CNC(CS(=O)C(C)C(C)C)c1ccc2c(c1)OCCO2. The van der Waals surface area contributed by atoms with E-state index in [9.17, 15) is 4.21 Å². The van der Waals surface area contributed by atoms with Crippen LogP contribution in [0.1, 0.15) is 32.4 Å². The van der Waals surface area contributed by atoms with Crippen molar-refractivity contribution in [3.63, 3.8) is 0 Å². The molecule has 1 heterocycles. The first kappa shape index (κ1) is 16.3. The fraction of sp³-hybridized carbons (Fsp3) is 0.625. The first-order valence-corrected chi connectivity index (χ1v) is 8.85. The zero-order chi connectivity index (χ0) is 15.4. The first-order valence-electron chi connectivity index (χ1n) is 7.47. The molecule has 0 radical (unpaired) electrons. The van der Waals surface area contributed by atoms with Crippen LogP contribution in [0.15, 0.2) is 18.2 Å². The molecule has 2 rings (SSSR count). The minimum atomic E-state index is -0.862. The van der Waals surface area contributed by atoms with Crippen LogP contribution in [0, 0.1) is 5.92 Å². The van der Waals surface area contributed by atoms with E-state index in [-0.39, 0.29) is 11.3 Å². The molecule has 0 spiro atoms. The minimum Gasteiger partial charge on any atom is -0.486 e. The molecule has 118 valence electrons. The zero-order valence-corrected chi connectivity index (χ0v) is 14.0. The first-order chi connectivity index (χ1) is 10.0. The summed E-state index contributed by atoms with van der Waals surface area (Å²) in [7, 11) is 1.04. The predicted molar refractivity (Wildman–Crippen MR) is 86.5 cm³/mol. The summed E-state index contributed by atoms with van der Waals surface area (Å²) in [5, 5.41) is 3.45.